The lowest BCUT2D eigenvalue weighted by molar-refractivity contribution is -0.142. The Morgan fingerprint density at radius 2 is 2.33 bits per heavy atom. The molecule has 1 saturated carbocycles. The summed E-state index contributed by atoms with van der Waals surface area (Å²) in [7, 11) is 1.67. The normalized spacial score (nSPS) is 27.9. The van der Waals surface area contributed by atoms with E-state index in [0.29, 0.717) is 18.6 Å². The molecule has 3 unspecified atom stereocenters. The summed E-state index contributed by atoms with van der Waals surface area (Å²) in [6, 6.07) is 0.296. The highest BCUT2D eigenvalue weighted by Gasteiger charge is 2.32. The summed E-state index contributed by atoms with van der Waals surface area (Å²) < 4.78 is 5.01. The third-order valence-corrected chi connectivity index (χ3v) is 3.12. The number of methoxy groups -OCH3 is 1. The van der Waals surface area contributed by atoms with Gasteiger partial charge < -0.3 is 15.2 Å². The minimum atomic E-state index is -0.640. The van der Waals surface area contributed by atoms with Gasteiger partial charge in [0.15, 0.2) is 0 Å². The number of hydrogen-bond donors (Lipinski definition) is 2. The highest BCUT2D eigenvalue weighted by molar-refractivity contribution is 5.70. The molecule has 0 heterocycles. The predicted molar refractivity (Wildman–Crippen MR) is 57.8 cm³/mol. The fourth-order valence-electron chi connectivity index (χ4n) is 2.27. The van der Waals surface area contributed by atoms with E-state index >= 15 is 0 Å². The van der Waals surface area contributed by atoms with E-state index in [9.17, 15) is 4.79 Å². The Kier molecular flexibility index (Phi) is 5.05. The van der Waals surface area contributed by atoms with Gasteiger partial charge >= 0.3 is 5.97 Å². The molecule has 4 heteroatoms. The molecule has 0 amide bonds. The second kappa shape index (κ2) is 6.08. The first kappa shape index (κ1) is 12.5. The molecule has 88 valence electrons. The topological polar surface area (TPSA) is 58.6 Å². The van der Waals surface area contributed by atoms with E-state index < -0.39 is 5.97 Å². The Hall–Kier alpha value is -0.610. The number of rotatable bonds is 6. The zero-order chi connectivity index (χ0) is 11.3. The van der Waals surface area contributed by atoms with Crippen molar-refractivity contribution in [3.05, 3.63) is 0 Å². The van der Waals surface area contributed by atoms with E-state index in [2.05, 4.69) is 5.32 Å². The van der Waals surface area contributed by atoms with Gasteiger partial charge in [0.2, 0.25) is 0 Å². The summed E-state index contributed by atoms with van der Waals surface area (Å²) in [4.78, 5) is 10.9. The van der Waals surface area contributed by atoms with Crippen LogP contribution in [-0.4, -0.2) is 37.4 Å². The molecule has 0 spiro atoms. The Morgan fingerprint density at radius 1 is 1.60 bits per heavy atom. The zero-order valence-corrected chi connectivity index (χ0v) is 9.53. The van der Waals surface area contributed by atoms with Crippen LogP contribution in [0, 0.1) is 11.8 Å². The molecule has 0 bridgehead atoms. The molecule has 0 radical (unpaired) electrons. The van der Waals surface area contributed by atoms with E-state index in [1.54, 1.807) is 7.11 Å². The Morgan fingerprint density at radius 3 is 2.93 bits per heavy atom. The maximum absolute atomic E-state index is 10.9. The molecule has 0 saturated heterocycles. The molecule has 15 heavy (non-hydrogen) atoms. The van der Waals surface area contributed by atoms with E-state index in [1.165, 1.54) is 0 Å². The summed E-state index contributed by atoms with van der Waals surface area (Å²) in [6.07, 6.45) is 2.91. The third kappa shape index (κ3) is 3.80. The minimum Gasteiger partial charge on any atom is -0.481 e. The summed E-state index contributed by atoms with van der Waals surface area (Å²) in [5, 5.41) is 12.3. The molecule has 2 N–H and O–H groups in total. The van der Waals surface area contributed by atoms with Crippen LogP contribution in [0.15, 0.2) is 0 Å². The van der Waals surface area contributed by atoms with Crippen LogP contribution in [0.4, 0.5) is 0 Å². The average Bonchev–Trinajstić information content (AvgIpc) is 2.63. The van der Waals surface area contributed by atoms with Crippen LogP contribution in [0.25, 0.3) is 0 Å². The van der Waals surface area contributed by atoms with Crippen LogP contribution in [0.1, 0.15) is 26.2 Å². The van der Waals surface area contributed by atoms with Crippen molar-refractivity contribution in [3.8, 4) is 0 Å². The zero-order valence-electron chi connectivity index (χ0n) is 9.53. The van der Waals surface area contributed by atoms with Crippen LogP contribution >= 0.6 is 0 Å². The van der Waals surface area contributed by atoms with Crippen molar-refractivity contribution in [2.24, 2.45) is 11.8 Å². The number of ether oxygens (including phenoxy) is 1. The number of hydrogen-bond acceptors (Lipinski definition) is 3. The van der Waals surface area contributed by atoms with Crippen LogP contribution < -0.4 is 5.32 Å². The van der Waals surface area contributed by atoms with Crippen LogP contribution in [-0.2, 0) is 9.53 Å². The van der Waals surface area contributed by atoms with Gasteiger partial charge in [0.1, 0.15) is 0 Å². The van der Waals surface area contributed by atoms with E-state index in [-0.39, 0.29) is 5.92 Å². The summed E-state index contributed by atoms with van der Waals surface area (Å²) in [5.74, 6) is -0.493. The lowest BCUT2D eigenvalue weighted by Crippen LogP contribution is -2.36. The van der Waals surface area contributed by atoms with Crippen molar-refractivity contribution in [3.63, 3.8) is 0 Å². The van der Waals surface area contributed by atoms with Crippen molar-refractivity contribution >= 4 is 5.97 Å². The highest BCUT2D eigenvalue weighted by Crippen LogP contribution is 2.31. The monoisotopic (exact) mass is 215 g/mol. The predicted octanol–water partition coefficient (Wildman–Crippen LogP) is 1.11. The molecule has 1 rings (SSSR count). The van der Waals surface area contributed by atoms with Gasteiger partial charge in [-0.1, -0.05) is 6.42 Å². The quantitative estimate of drug-likeness (QED) is 0.697. The van der Waals surface area contributed by atoms with Crippen molar-refractivity contribution in [1.82, 2.24) is 5.32 Å². The molecule has 0 aromatic heterocycles. The summed E-state index contributed by atoms with van der Waals surface area (Å²) >= 11 is 0. The van der Waals surface area contributed by atoms with Crippen molar-refractivity contribution in [1.29, 1.82) is 0 Å². The van der Waals surface area contributed by atoms with Gasteiger partial charge in [-0.05, 0) is 32.2 Å². The largest absolute Gasteiger partial charge is 0.481 e. The Bertz CT molecular complexity index is 208. The van der Waals surface area contributed by atoms with Gasteiger partial charge in [-0.15, -0.1) is 0 Å². The maximum Gasteiger partial charge on any atom is 0.306 e. The Labute approximate surface area is 91.0 Å². The summed E-state index contributed by atoms with van der Waals surface area (Å²) in [6.45, 7) is 3.51. The molecule has 1 fully saturated rings. The molecular formula is C11H21NO3. The van der Waals surface area contributed by atoms with Crippen LogP contribution in [0.2, 0.25) is 0 Å². The van der Waals surface area contributed by atoms with Crippen LogP contribution in [0.5, 0.6) is 0 Å². The smallest absolute Gasteiger partial charge is 0.306 e. The molecule has 0 aromatic rings. The van der Waals surface area contributed by atoms with Crippen LogP contribution in [0.3, 0.4) is 0 Å². The van der Waals surface area contributed by atoms with Gasteiger partial charge in [0.05, 0.1) is 12.5 Å². The van der Waals surface area contributed by atoms with Gasteiger partial charge in [-0.3, -0.25) is 4.79 Å². The lowest BCUT2D eigenvalue weighted by atomic mass is 9.96. The number of carboxylic acid groups (broad SMARTS) is 1. The molecule has 3 atom stereocenters. The number of nitrogens with one attached hydrogen (secondary N) is 1. The van der Waals surface area contributed by atoms with E-state index in [1.807, 2.05) is 6.92 Å². The third-order valence-electron chi connectivity index (χ3n) is 3.12. The molecule has 1 aliphatic carbocycles. The molecule has 4 nitrogen and oxygen atoms in total. The first-order chi connectivity index (χ1) is 7.15. The standard InChI is InChI=1S/C11H21NO3/c1-8(7-15-2)12-6-9-4-3-5-10(9)11(13)14/h8-10,12H,3-7H2,1-2H3,(H,13,14). The SMILES string of the molecule is COCC(C)NCC1CCCC1C(=O)O. The van der Waals surface area contributed by atoms with E-state index in [0.717, 1.165) is 25.8 Å². The second-order valence-electron chi connectivity index (χ2n) is 4.40. The van der Waals surface area contributed by atoms with Crippen molar-refractivity contribution in [2.75, 3.05) is 20.3 Å². The van der Waals surface area contributed by atoms with Gasteiger partial charge in [0, 0.05) is 13.2 Å². The average molecular weight is 215 g/mol. The number of carbonyl (C=O) groups is 1. The highest BCUT2D eigenvalue weighted by atomic mass is 16.5. The molecule has 0 aromatic carbocycles. The van der Waals surface area contributed by atoms with Gasteiger partial charge in [-0.2, -0.15) is 0 Å². The minimum absolute atomic E-state index is 0.146. The van der Waals surface area contributed by atoms with Crippen molar-refractivity contribution in [2.45, 2.75) is 32.2 Å². The fourth-order valence-corrected chi connectivity index (χ4v) is 2.27. The number of aliphatic carboxylic acids is 1. The fraction of sp³-hybridized carbons (Fsp3) is 0.909. The second-order valence-corrected chi connectivity index (χ2v) is 4.40. The lowest BCUT2D eigenvalue weighted by Gasteiger charge is -2.19. The Balaban J connectivity index is 2.28. The molecular weight excluding hydrogens is 194 g/mol. The first-order valence-electron chi connectivity index (χ1n) is 5.60. The first-order valence-corrected chi connectivity index (χ1v) is 5.60. The van der Waals surface area contributed by atoms with Gasteiger partial charge in [-0.25, -0.2) is 0 Å². The van der Waals surface area contributed by atoms with Crippen molar-refractivity contribution < 1.29 is 14.6 Å². The van der Waals surface area contributed by atoms with E-state index in [4.69, 9.17) is 9.84 Å². The van der Waals surface area contributed by atoms with Gasteiger partial charge in [0.25, 0.3) is 0 Å². The molecule has 1 aliphatic rings. The number of carboxylic acids is 1. The maximum atomic E-state index is 10.9. The molecule has 0 aliphatic heterocycles. The summed E-state index contributed by atoms with van der Waals surface area (Å²) in [5.41, 5.74) is 0.